The van der Waals surface area contributed by atoms with Crippen molar-refractivity contribution in [2.45, 2.75) is 26.4 Å². The Morgan fingerprint density at radius 2 is 1.94 bits per heavy atom. The van der Waals surface area contributed by atoms with Crippen LogP contribution in [0.1, 0.15) is 20.3 Å². The summed E-state index contributed by atoms with van der Waals surface area (Å²) in [5.74, 6) is 0. The standard InChI is InChI=1S/C14H24N2O/c1-3-16(13-8-6-5-7-9-13)11-10-14(12-15)17-4-2/h5-9,14H,3-4,10-12,15H2,1-2H3. The zero-order valence-corrected chi connectivity index (χ0v) is 10.9. The highest BCUT2D eigenvalue weighted by Gasteiger charge is 2.09. The van der Waals surface area contributed by atoms with Crippen molar-refractivity contribution in [3.8, 4) is 0 Å². The molecule has 17 heavy (non-hydrogen) atoms. The highest BCUT2D eigenvalue weighted by molar-refractivity contribution is 5.45. The molecule has 0 saturated heterocycles. The van der Waals surface area contributed by atoms with E-state index in [2.05, 4.69) is 36.1 Å². The van der Waals surface area contributed by atoms with Gasteiger partial charge < -0.3 is 15.4 Å². The minimum atomic E-state index is 0.178. The van der Waals surface area contributed by atoms with Gasteiger partial charge in [0.2, 0.25) is 0 Å². The van der Waals surface area contributed by atoms with Crippen molar-refractivity contribution in [2.24, 2.45) is 5.73 Å². The van der Waals surface area contributed by atoms with Crippen LogP contribution in [0.25, 0.3) is 0 Å². The van der Waals surface area contributed by atoms with Crippen LogP contribution >= 0.6 is 0 Å². The lowest BCUT2D eigenvalue weighted by molar-refractivity contribution is 0.0644. The normalized spacial score (nSPS) is 12.4. The quantitative estimate of drug-likeness (QED) is 0.752. The second-order valence-corrected chi connectivity index (χ2v) is 4.02. The zero-order valence-electron chi connectivity index (χ0n) is 10.9. The van der Waals surface area contributed by atoms with Gasteiger partial charge in [-0.3, -0.25) is 0 Å². The molecule has 3 nitrogen and oxygen atoms in total. The Morgan fingerprint density at radius 1 is 1.24 bits per heavy atom. The van der Waals surface area contributed by atoms with Gasteiger partial charge in [0, 0.05) is 31.9 Å². The van der Waals surface area contributed by atoms with Crippen molar-refractivity contribution in [2.75, 3.05) is 31.1 Å². The Labute approximate surface area is 105 Å². The highest BCUT2D eigenvalue weighted by atomic mass is 16.5. The number of benzene rings is 1. The molecule has 0 heterocycles. The van der Waals surface area contributed by atoms with Crippen molar-refractivity contribution >= 4 is 5.69 Å². The van der Waals surface area contributed by atoms with E-state index in [4.69, 9.17) is 10.5 Å². The average molecular weight is 236 g/mol. The van der Waals surface area contributed by atoms with Crippen LogP contribution in [0.4, 0.5) is 5.69 Å². The lowest BCUT2D eigenvalue weighted by Crippen LogP contribution is -2.31. The number of ether oxygens (including phenoxy) is 1. The van der Waals surface area contributed by atoms with Gasteiger partial charge in [-0.2, -0.15) is 0 Å². The topological polar surface area (TPSA) is 38.5 Å². The van der Waals surface area contributed by atoms with Crippen molar-refractivity contribution in [1.29, 1.82) is 0 Å². The third-order valence-corrected chi connectivity index (χ3v) is 2.89. The fourth-order valence-corrected chi connectivity index (χ4v) is 1.91. The minimum absolute atomic E-state index is 0.178. The van der Waals surface area contributed by atoms with Crippen LogP contribution in [-0.2, 0) is 4.74 Å². The van der Waals surface area contributed by atoms with E-state index in [0.717, 1.165) is 26.1 Å². The second kappa shape index (κ2) is 8.09. The molecule has 0 amide bonds. The summed E-state index contributed by atoms with van der Waals surface area (Å²) in [6.07, 6.45) is 1.16. The number of para-hydroxylation sites is 1. The molecule has 0 aliphatic heterocycles. The van der Waals surface area contributed by atoms with E-state index >= 15 is 0 Å². The van der Waals surface area contributed by atoms with Gasteiger partial charge in [-0.1, -0.05) is 18.2 Å². The average Bonchev–Trinajstić information content (AvgIpc) is 2.39. The van der Waals surface area contributed by atoms with Gasteiger partial charge in [0.25, 0.3) is 0 Å². The fraction of sp³-hybridized carbons (Fsp3) is 0.571. The minimum Gasteiger partial charge on any atom is -0.377 e. The Bertz CT molecular complexity index is 290. The summed E-state index contributed by atoms with van der Waals surface area (Å²) in [7, 11) is 0. The molecule has 1 rings (SSSR count). The first-order valence-electron chi connectivity index (χ1n) is 6.43. The van der Waals surface area contributed by atoms with Crippen LogP contribution < -0.4 is 10.6 Å². The van der Waals surface area contributed by atoms with E-state index in [0.29, 0.717) is 6.54 Å². The number of hydrogen-bond donors (Lipinski definition) is 1. The largest absolute Gasteiger partial charge is 0.377 e. The number of nitrogens with two attached hydrogens (primary N) is 1. The van der Waals surface area contributed by atoms with E-state index in [9.17, 15) is 0 Å². The third-order valence-electron chi connectivity index (χ3n) is 2.89. The number of hydrogen-bond acceptors (Lipinski definition) is 3. The molecule has 0 saturated carbocycles. The molecule has 1 unspecified atom stereocenters. The van der Waals surface area contributed by atoms with E-state index in [-0.39, 0.29) is 6.10 Å². The molecule has 0 radical (unpaired) electrons. The maximum Gasteiger partial charge on any atom is 0.0713 e. The molecule has 2 N–H and O–H groups in total. The van der Waals surface area contributed by atoms with Crippen molar-refractivity contribution in [3.05, 3.63) is 30.3 Å². The van der Waals surface area contributed by atoms with Crippen LogP contribution in [-0.4, -0.2) is 32.3 Å². The van der Waals surface area contributed by atoms with Crippen molar-refractivity contribution in [1.82, 2.24) is 0 Å². The fourth-order valence-electron chi connectivity index (χ4n) is 1.91. The third kappa shape index (κ3) is 4.75. The molecule has 3 heteroatoms. The lowest BCUT2D eigenvalue weighted by Gasteiger charge is -2.25. The first kappa shape index (κ1) is 14.0. The number of nitrogens with zero attached hydrogens (tertiary/aromatic N) is 1. The first-order valence-corrected chi connectivity index (χ1v) is 6.43. The Kier molecular flexibility index (Phi) is 6.67. The monoisotopic (exact) mass is 236 g/mol. The first-order chi connectivity index (χ1) is 8.31. The SMILES string of the molecule is CCOC(CN)CCN(CC)c1ccccc1. The van der Waals surface area contributed by atoms with E-state index in [1.807, 2.05) is 13.0 Å². The second-order valence-electron chi connectivity index (χ2n) is 4.02. The summed E-state index contributed by atoms with van der Waals surface area (Å²) >= 11 is 0. The summed E-state index contributed by atoms with van der Waals surface area (Å²) in [4.78, 5) is 2.35. The molecule has 1 aromatic carbocycles. The Hall–Kier alpha value is -1.06. The van der Waals surface area contributed by atoms with Crippen molar-refractivity contribution in [3.63, 3.8) is 0 Å². The maximum atomic E-state index is 5.68. The van der Waals surface area contributed by atoms with E-state index in [1.54, 1.807) is 0 Å². The Morgan fingerprint density at radius 3 is 2.47 bits per heavy atom. The van der Waals surface area contributed by atoms with Crippen LogP contribution in [0, 0.1) is 0 Å². The van der Waals surface area contributed by atoms with Gasteiger partial charge in [-0.15, -0.1) is 0 Å². The lowest BCUT2D eigenvalue weighted by atomic mass is 10.2. The molecular weight excluding hydrogens is 212 g/mol. The summed E-state index contributed by atoms with van der Waals surface area (Å²) in [5.41, 5.74) is 6.95. The predicted molar refractivity (Wildman–Crippen MR) is 73.4 cm³/mol. The molecule has 0 bridgehead atoms. The number of anilines is 1. The molecule has 0 aliphatic rings. The van der Waals surface area contributed by atoms with Gasteiger partial charge >= 0.3 is 0 Å². The van der Waals surface area contributed by atoms with Gasteiger partial charge in [0.05, 0.1) is 6.10 Å². The molecule has 1 atom stereocenters. The van der Waals surface area contributed by atoms with Crippen LogP contribution in [0.3, 0.4) is 0 Å². The smallest absolute Gasteiger partial charge is 0.0713 e. The Balaban J connectivity index is 2.47. The van der Waals surface area contributed by atoms with Crippen LogP contribution in [0.5, 0.6) is 0 Å². The predicted octanol–water partition coefficient (Wildman–Crippen LogP) is 2.27. The van der Waals surface area contributed by atoms with Crippen LogP contribution in [0.2, 0.25) is 0 Å². The summed E-state index contributed by atoms with van der Waals surface area (Å²) in [5, 5.41) is 0. The summed E-state index contributed by atoms with van der Waals surface area (Å²) in [6, 6.07) is 10.5. The van der Waals surface area contributed by atoms with Gasteiger partial charge in [0.15, 0.2) is 0 Å². The van der Waals surface area contributed by atoms with Gasteiger partial charge in [-0.25, -0.2) is 0 Å². The molecule has 0 spiro atoms. The zero-order chi connectivity index (χ0) is 12.5. The maximum absolute atomic E-state index is 5.68. The van der Waals surface area contributed by atoms with Crippen LogP contribution in [0.15, 0.2) is 30.3 Å². The van der Waals surface area contributed by atoms with Gasteiger partial charge in [-0.05, 0) is 32.4 Å². The molecule has 0 aromatic heterocycles. The van der Waals surface area contributed by atoms with Gasteiger partial charge in [0.1, 0.15) is 0 Å². The van der Waals surface area contributed by atoms with E-state index < -0.39 is 0 Å². The molecule has 1 aromatic rings. The summed E-state index contributed by atoms with van der Waals surface area (Å²) < 4.78 is 5.57. The number of rotatable bonds is 8. The molecular formula is C14H24N2O. The molecule has 0 aliphatic carbocycles. The highest BCUT2D eigenvalue weighted by Crippen LogP contribution is 2.13. The molecule has 96 valence electrons. The van der Waals surface area contributed by atoms with E-state index in [1.165, 1.54) is 5.69 Å². The van der Waals surface area contributed by atoms with Crippen molar-refractivity contribution < 1.29 is 4.74 Å². The summed E-state index contributed by atoms with van der Waals surface area (Å²) in [6.45, 7) is 7.51. The molecule has 0 fully saturated rings.